The monoisotopic (exact) mass is 205 g/mol. The molecule has 2 rings (SSSR count). The molecular formula is C11H15N3O. The molecule has 1 fully saturated rings. The second kappa shape index (κ2) is 4.40. The van der Waals surface area contributed by atoms with Crippen LogP contribution < -0.4 is 5.32 Å². The summed E-state index contributed by atoms with van der Waals surface area (Å²) >= 11 is 0. The summed E-state index contributed by atoms with van der Waals surface area (Å²) in [6.07, 6.45) is 3.36. The van der Waals surface area contributed by atoms with Crippen molar-refractivity contribution in [3.8, 4) is 0 Å². The zero-order valence-corrected chi connectivity index (χ0v) is 8.86. The van der Waals surface area contributed by atoms with Gasteiger partial charge in [0.25, 0.3) is 5.91 Å². The van der Waals surface area contributed by atoms with E-state index in [-0.39, 0.29) is 5.91 Å². The molecule has 15 heavy (non-hydrogen) atoms. The predicted octanol–water partition coefficient (Wildman–Crippen LogP) is 0.435. The molecule has 1 aliphatic heterocycles. The number of nitrogens with zero attached hydrogens (tertiary/aromatic N) is 2. The molecular weight excluding hydrogens is 190 g/mol. The van der Waals surface area contributed by atoms with Gasteiger partial charge < -0.3 is 10.2 Å². The van der Waals surface area contributed by atoms with E-state index in [0.29, 0.717) is 0 Å². The first-order valence-electron chi connectivity index (χ1n) is 5.19. The van der Waals surface area contributed by atoms with E-state index >= 15 is 0 Å². The van der Waals surface area contributed by atoms with Crippen molar-refractivity contribution < 1.29 is 4.79 Å². The second-order valence-corrected chi connectivity index (χ2v) is 3.73. The summed E-state index contributed by atoms with van der Waals surface area (Å²) in [7, 11) is 0. The molecule has 0 radical (unpaired) electrons. The highest BCUT2D eigenvalue weighted by molar-refractivity contribution is 5.95. The third-order valence-electron chi connectivity index (χ3n) is 2.67. The topological polar surface area (TPSA) is 45.2 Å². The number of piperazine rings is 1. The van der Waals surface area contributed by atoms with Gasteiger partial charge >= 0.3 is 0 Å². The Morgan fingerprint density at radius 1 is 1.47 bits per heavy atom. The van der Waals surface area contributed by atoms with Crippen molar-refractivity contribution in [1.29, 1.82) is 0 Å². The van der Waals surface area contributed by atoms with Crippen LogP contribution in [0.15, 0.2) is 18.5 Å². The number of carbonyl (C=O) groups is 1. The van der Waals surface area contributed by atoms with Gasteiger partial charge in [-0.3, -0.25) is 9.78 Å². The Bertz CT molecular complexity index is 359. The molecule has 4 nitrogen and oxygen atoms in total. The van der Waals surface area contributed by atoms with E-state index < -0.39 is 0 Å². The highest BCUT2D eigenvalue weighted by atomic mass is 16.2. The molecule has 0 bridgehead atoms. The quantitative estimate of drug-likeness (QED) is 0.723. The van der Waals surface area contributed by atoms with Crippen LogP contribution in [0.1, 0.15) is 15.9 Å². The second-order valence-electron chi connectivity index (χ2n) is 3.73. The van der Waals surface area contributed by atoms with Gasteiger partial charge in [0.05, 0.1) is 5.56 Å². The van der Waals surface area contributed by atoms with Crippen LogP contribution in [0.4, 0.5) is 0 Å². The summed E-state index contributed by atoms with van der Waals surface area (Å²) in [5.41, 5.74) is 1.72. The number of rotatable bonds is 1. The number of hydrogen-bond donors (Lipinski definition) is 1. The fourth-order valence-electron chi connectivity index (χ4n) is 1.73. The molecule has 1 aliphatic rings. The van der Waals surface area contributed by atoms with Crippen LogP contribution in [-0.4, -0.2) is 42.0 Å². The van der Waals surface area contributed by atoms with E-state index in [4.69, 9.17) is 0 Å². The van der Waals surface area contributed by atoms with Crippen molar-refractivity contribution in [2.45, 2.75) is 6.92 Å². The van der Waals surface area contributed by atoms with Crippen molar-refractivity contribution in [2.75, 3.05) is 26.2 Å². The van der Waals surface area contributed by atoms with Gasteiger partial charge in [-0.2, -0.15) is 0 Å². The molecule has 0 aromatic carbocycles. The van der Waals surface area contributed by atoms with Gasteiger partial charge in [-0.15, -0.1) is 0 Å². The zero-order chi connectivity index (χ0) is 10.7. The highest BCUT2D eigenvalue weighted by Crippen LogP contribution is 2.09. The van der Waals surface area contributed by atoms with Gasteiger partial charge in [-0.05, 0) is 18.6 Å². The molecule has 0 unspecified atom stereocenters. The normalized spacial score (nSPS) is 16.5. The summed E-state index contributed by atoms with van der Waals surface area (Å²) in [6, 6.07) is 1.87. The Morgan fingerprint density at radius 2 is 2.20 bits per heavy atom. The lowest BCUT2D eigenvalue weighted by atomic mass is 10.1. The lowest BCUT2D eigenvalue weighted by molar-refractivity contribution is 0.0734. The predicted molar refractivity (Wildman–Crippen MR) is 57.7 cm³/mol. The summed E-state index contributed by atoms with van der Waals surface area (Å²) in [5.74, 6) is 0.0992. The molecule has 0 aliphatic carbocycles. The minimum atomic E-state index is 0.0992. The Balaban J connectivity index is 2.16. The van der Waals surface area contributed by atoms with Crippen LogP contribution >= 0.6 is 0 Å². The largest absolute Gasteiger partial charge is 0.336 e. The Kier molecular flexibility index (Phi) is 2.97. The highest BCUT2D eigenvalue weighted by Gasteiger charge is 2.19. The summed E-state index contributed by atoms with van der Waals surface area (Å²) in [4.78, 5) is 18.0. The third kappa shape index (κ3) is 2.15. The van der Waals surface area contributed by atoms with Crippen molar-refractivity contribution in [1.82, 2.24) is 15.2 Å². The van der Waals surface area contributed by atoms with Gasteiger partial charge in [0.2, 0.25) is 0 Å². The van der Waals surface area contributed by atoms with Crippen molar-refractivity contribution in [3.63, 3.8) is 0 Å². The molecule has 0 atom stereocenters. The number of aromatic nitrogens is 1. The maximum Gasteiger partial charge on any atom is 0.255 e. The average Bonchev–Trinajstić information content (AvgIpc) is 2.30. The number of hydrogen-bond acceptors (Lipinski definition) is 3. The first kappa shape index (κ1) is 10.1. The van der Waals surface area contributed by atoms with Crippen molar-refractivity contribution in [2.24, 2.45) is 0 Å². The van der Waals surface area contributed by atoms with E-state index in [1.807, 2.05) is 17.9 Å². The van der Waals surface area contributed by atoms with Gasteiger partial charge in [0.15, 0.2) is 0 Å². The lowest BCUT2D eigenvalue weighted by Crippen LogP contribution is -2.46. The first-order chi connectivity index (χ1) is 7.29. The molecule has 80 valence electrons. The third-order valence-corrected chi connectivity index (χ3v) is 2.67. The van der Waals surface area contributed by atoms with Gasteiger partial charge in [0, 0.05) is 38.6 Å². The average molecular weight is 205 g/mol. The number of aryl methyl sites for hydroxylation is 1. The maximum atomic E-state index is 12.1. The fourth-order valence-corrected chi connectivity index (χ4v) is 1.73. The molecule has 1 aromatic rings. The van der Waals surface area contributed by atoms with Crippen LogP contribution in [-0.2, 0) is 0 Å². The minimum Gasteiger partial charge on any atom is -0.336 e. The molecule has 0 saturated carbocycles. The van der Waals surface area contributed by atoms with Gasteiger partial charge in [0.1, 0.15) is 0 Å². The van der Waals surface area contributed by atoms with E-state index in [1.54, 1.807) is 12.4 Å². The minimum absolute atomic E-state index is 0.0992. The van der Waals surface area contributed by atoms with Gasteiger partial charge in [-0.25, -0.2) is 0 Å². The van der Waals surface area contributed by atoms with E-state index in [1.165, 1.54) is 0 Å². The Hall–Kier alpha value is -1.42. The molecule has 1 amide bonds. The molecule has 1 aromatic heterocycles. The maximum absolute atomic E-state index is 12.1. The van der Waals surface area contributed by atoms with Crippen LogP contribution in [0.2, 0.25) is 0 Å². The summed E-state index contributed by atoms with van der Waals surface area (Å²) < 4.78 is 0. The fraction of sp³-hybridized carbons (Fsp3) is 0.455. The zero-order valence-electron chi connectivity index (χ0n) is 8.86. The summed E-state index contributed by atoms with van der Waals surface area (Å²) in [6.45, 7) is 5.27. The molecule has 0 spiro atoms. The van der Waals surface area contributed by atoms with Gasteiger partial charge in [-0.1, -0.05) is 0 Å². The van der Waals surface area contributed by atoms with Crippen LogP contribution in [0.25, 0.3) is 0 Å². The van der Waals surface area contributed by atoms with E-state index in [2.05, 4.69) is 10.3 Å². The van der Waals surface area contributed by atoms with Crippen LogP contribution in [0, 0.1) is 6.92 Å². The molecule has 4 heteroatoms. The number of nitrogens with one attached hydrogen (secondary N) is 1. The number of pyridine rings is 1. The standard InChI is InChI=1S/C11H15N3O/c1-9-2-3-13-8-10(9)11(15)14-6-4-12-5-7-14/h2-3,8,12H,4-7H2,1H3. The molecule has 1 N–H and O–H groups in total. The van der Waals surface area contributed by atoms with Crippen LogP contribution in [0.3, 0.4) is 0 Å². The SMILES string of the molecule is Cc1ccncc1C(=O)N1CCNCC1. The Morgan fingerprint density at radius 3 is 2.87 bits per heavy atom. The summed E-state index contributed by atoms with van der Waals surface area (Å²) in [5, 5.41) is 3.23. The smallest absolute Gasteiger partial charge is 0.255 e. The van der Waals surface area contributed by atoms with Crippen LogP contribution in [0.5, 0.6) is 0 Å². The van der Waals surface area contributed by atoms with E-state index in [0.717, 1.165) is 37.3 Å². The van der Waals surface area contributed by atoms with Crippen molar-refractivity contribution in [3.05, 3.63) is 29.6 Å². The number of amides is 1. The lowest BCUT2D eigenvalue weighted by Gasteiger charge is -2.27. The Labute approximate surface area is 89.3 Å². The number of carbonyl (C=O) groups excluding carboxylic acids is 1. The first-order valence-corrected chi connectivity index (χ1v) is 5.19. The van der Waals surface area contributed by atoms with E-state index in [9.17, 15) is 4.79 Å². The molecule has 2 heterocycles. The molecule has 1 saturated heterocycles. The van der Waals surface area contributed by atoms with Crippen molar-refractivity contribution >= 4 is 5.91 Å².